The maximum Gasteiger partial charge on any atom is 0.325 e. The molecule has 0 amide bonds. The van der Waals surface area contributed by atoms with Crippen molar-refractivity contribution in [3.05, 3.63) is 30.1 Å². The Kier molecular flexibility index (Phi) is 6.36. The summed E-state index contributed by atoms with van der Waals surface area (Å²) in [4.78, 5) is 27.2. The highest BCUT2D eigenvalue weighted by atomic mass is 19.1. The van der Waals surface area contributed by atoms with Crippen molar-refractivity contribution >= 4 is 23.8 Å². The third-order valence-corrected chi connectivity index (χ3v) is 2.26. The molecule has 108 valence electrons. The number of esters is 2. The fourth-order valence-corrected chi connectivity index (χ4v) is 1.40. The third-order valence-electron chi connectivity index (χ3n) is 2.26. The summed E-state index contributed by atoms with van der Waals surface area (Å²) in [6, 6.07) is 5.48. The van der Waals surface area contributed by atoms with E-state index in [1.807, 2.05) is 0 Å². The number of halogens is 1. The number of hydrogen-bond acceptors (Lipinski definition) is 5. The van der Waals surface area contributed by atoms with Crippen LogP contribution >= 0.6 is 0 Å². The van der Waals surface area contributed by atoms with Gasteiger partial charge in [-0.2, -0.15) is 0 Å². The molecule has 0 aliphatic carbocycles. The van der Waals surface area contributed by atoms with Gasteiger partial charge >= 0.3 is 11.9 Å². The van der Waals surface area contributed by atoms with Crippen LogP contribution in [0.1, 0.15) is 13.8 Å². The van der Waals surface area contributed by atoms with Crippen LogP contribution in [0.15, 0.2) is 29.3 Å². The van der Waals surface area contributed by atoms with Crippen LogP contribution in [0.5, 0.6) is 0 Å². The first-order chi connectivity index (χ1) is 9.58. The molecule has 0 bridgehead atoms. The molecule has 0 heterocycles. The smallest absolute Gasteiger partial charge is 0.325 e. The molecule has 0 aromatic heterocycles. The minimum Gasteiger partial charge on any atom is -0.465 e. The van der Waals surface area contributed by atoms with E-state index in [9.17, 15) is 14.0 Å². The second kappa shape index (κ2) is 8.04. The molecule has 0 saturated carbocycles. The van der Waals surface area contributed by atoms with Crippen molar-refractivity contribution in [2.45, 2.75) is 13.8 Å². The Labute approximate surface area is 116 Å². The van der Waals surface area contributed by atoms with Gasteiger partial charge in [-0.3, -0.25) is 14.6 Å². The van der Waals surface area contributed by atoms with Crippen LogP contribution in [-0.4, -0.2) is 31.4 Å². The molecule has 1 aromatic rings. The molecule has 0 spiro atoms. The van der Waals surface area contributed by atoms with Crippen molar-refractivity contribution < 1.29 is 23.5 Å². The largest absolute Gasteiger partial charge is 0.465 e. The van der Waals surface area contributed by atoms with Crippen LogP contribution in [0.25, 0.3) is 0 Å². The first kappa shape index (κ1) is 15.8. The lowest BCUT2D eigenvalue weighted by molar-refractivity contribution is -0.157. The lowest BCUT2D eigenvalue weighted by Gasteiger charge is -2.09. The summed E-state index contributed by atoms with van der Waals surface area (Å²) in [5.74, 6) is -3.20. The van der Waals surface area contributed by atoms with Gasteiger partial charge in [0.2, 0.25) is 0 Å². The lowest BCUT2D eigenvalue weighted by atomic mass is 10.1. The van der Waals surface area contributed by atoms with E-state index in [1.165, 1.54) is 18.2 Å². The van der Waals surface area contributed by atoms with Gasteiger partial charge in [0.15, 0.2) is 5.92 Å². The summed E-state index contributed by atoms with van der Waals surface area (Å²) in [5, 5.41) is 0. The molecule has 0 aliphatic heterocycles. The van der Waals surface area contributed by atoms with Gasteiger partial charge in [-0.05, 0) is 32.0 Å². The Bertz CT molecular complexity index is 484. The number of benzene rings is 1. The van der Waals surface area contributed by atoms with Crippen molar-refractivity contribution in [2.24, 2.45) is 10.9 Å². The molecule has 1 rings (SSSR count). The number of hydrogen-bond donors (Lipinski definition) is 0. The van der Waals surface area contributed by atoms with Crippen LogP contribution in [0, 0.1) is 11.7 Å². The van der Waals surface area contributed by atoms with Crippen molar-refractivity contribution in [1.29, 1.82) is 0 Å². The van der Waals surface area contributed by atoms with Crippen LogP contribution in [-0.2, 0) is 19.1 Å². The molecule has 0 aliphatic rings. The second-order valence-corrected chi connectivity index (χ2v) is 3.74. The monoisotopic (exact) mass is 281 g/mol. The molecule has 0 radical (unpaired) electrons. The Hall–Kier alpha value is -2.24. The third kappa shape index (κ3) is 4.79. The minimum absolute atomic E-state index is 0.141. The highest BCUT2D eigenvalue weighted by molar-refractivity contribution is 6.09. The highest BCUT2D eigenvalue weighted by Gasteiger charge is 2.27. The first-order valence-corrected chi connectivity index (χ1v) is 6.21. The molecular formula is C14H16FNO4. The van der Waals surface area contributed by atoms with Gasteiger partial charge in [-0.1, -0.05) is 6.07 Å². The standard InChI is InChI=1S/C14H16FNO4/c1-3-19-13(17)12(14(18)20-4-2)9-16-11-7-5-6-10(15)8-11/h5-9,12H,3-4H2,1-2H3/b16-9-. The summed E-state index contributed by atoms with van der Waals surface area (Å²) in [5.41, 5.74) is 0.295. The molecule has 0 fully saturated rings. The molecule has 5 nitrogen and oxygen atoms in total. The van der Waals surface area contributed by atoms with Crippen LogP contribution in [0.4, 0.5) is 10.1 Å². The quantitative estimate of drug-likeness (QED) is 0.456. The van der Waals surface area contributed by atoms with Gasteiger partial charge in [0.05, 0.1) is 18.9 Å². The summed E-state index contributed by atoms with van der Waals surface area (Å²) in [6.45, 7) is 3.54. The zero-order chi connectivity index (χ0) is 15.0. The van der Waals surface area contributed by atoms with E-state index < -0.39 is 23.7 Å². The molecule has 0 unspecified atom stereocenters. The predicted octanol–water partition coefficient (Wildman–Crippen LogP) is 2.27. The van der Waals surface area contributed by atoms with E-state index in [0.29, 0.717) is 5.69 Å². The van der Waals surface area contributed by atoms with Gasteiger partial charge < -0.3 is 9.47 Å². The summed E-state index contributed by atoms with van der Waals surface area (Å²) < 4.78 is 22.6. The maximum atomic E-state index is 13.0. The molecular weight excluding hydrogens is 265 g/mol. The number of rotatable bonds is 6. The Morgan fingerprint density at radius 1 is 1.25 bits per heavy atom. The van der Waals surface area contributed by atoms with Crippen LogP contribution in [0.3, 0.4) is 0 Å². The number of aliphatic imine (C=N–C) groups is 1. The summed E-state index contributed by atoms with van der Waals surface area (Å²) in [7, 11) is 0. The van der Waals surface area contributed by atoms with Crippen molar-refractivity contribution in [1.82, 2.24) is 0 Å². The SMILES string of the molecule is CCOC(=O)C(/C=N\c1cccc(F)c1)C(=O)OCC. The predicted molar refractivity (Wildman–Crippen MR) is 71.3 cm³/mol. The van der Waals surface area contributed by atoms with E-state index in [0.717, 1.165) is 6.21 Å². The van der Waals surface area contributed by atoms with Gasteiger partial charge in [0.25, 0.3) is 0 Å². The molecule has 6 heteroatoms. The van der Waals surface area contributed by atoms with Crippen molar-refractivity contribution in [3.8, 4) is 0 Å². The van der Waals surface area contributed by atoms with Gasteiger partial charge in [-0.25, -0.2) is 4.39 Å². The fourth-order valence-electron chi connectivity index (χ4n) is 1.40. The fraction of sp³-hybridized carbons (Fsp3) is 0.357. The van der Waals surface area contributed by atoms with Gasteiger partial charge in [-0.15, -0.1) is 0 Å². The second-order valence-electron chi connectivity index (χ2n) is 3.74. The average Bonchev–Trinajstić information content (AvgIpc) is 2.39. The molecule has 1 aromatic carbocycles. The number of ether oxygens (including phenoxy) is 2. The Morgan fingerprint density at radius 2 is 1.85 bits per heavy atom. The highest BCUT2D eigenvalue weighted by Crippen LogP contribution is 2.13. The van der Waals surface area contributed by atoms with Crippen molar-refractivity contribution in [3.63, 3.8) is 0 Å². The van der Waals surface area contributed by atoms with E-state index in [2.05, 4.69) is 4.99 Å². The summed E-state index contributed by atoms with van der Waals surface area (Å²) in [6.07, 6.45) is 1.10. The van der Waals surface area contributed by atoms with E-state index in [1.54, 1.807) is 19.9 Å². The normalized spacial score (nSPS) is 10.8. The Morgan fingerprint density at radius 3 is 2.35 bits per heavy atom. The van der Waals surface area contributed by atoms with Gasteiger partial charge in [0.1, 0.15) is 5.82 Å². The topological polar surface area (TPSA) is 65.0 Å². The zero-order valence-corrected chi connectivity index (χ0v) is 11.3. The number of carbonyl (C=O) groups excluding carboxylic acids is 2. The minimum atomic E-state index is -1.25. The van der Waals surface area contributed by atoms with E-state index >= 15 is 0 Å². The van der Waals surface area contributed by atoms with E-state index in [4.69, 9.17) is 9.47 Å². The number of nitrogens with zero attached hydrogens (tertiary/aromatic N) is 1. The lowest BCUT2D eigenvalue weighted by Crippen LogP contribution is -2.29. The van der Waals surface area contributed by atoms with E-state index in [-0.39, 0.29) is 13.2 Å². The first-order valence-electron chi connectivity index (χ1n) is 6.21. The zero-order valence-electron chi connectivity index (χ0n) is 11.3. The number of carbonyl (C=O) groups is 2. The average molecular weight is 281 g/mol. The Balaban J connectivity index is 2.88. The molecule has 0 N–H and O–H groups in total. The molecule has 0 atom stereocenters. The van der Waals surface area contributed by atoms with Crippen LogP contribution < -0.4 is 0 Å². The molecule has 0 saturated heterocycles. The molecule has 20 heavy (non-hydrogen) atoms. The maximum absolute atomic E-state index is 13.0. The van der Waals surface area contributed by atoms with Crippen molar-refractivity contribution in [2.75, 3.05) is 13.2 Å². The summed E-state index contributed by atoms with van der Waals surface area (Å²) >= 11 is 0. The van der Waals surface area contributed by atoms with Crippen LogP contribution in [0.2, 0.25) is 0 Å². The van der Waals surface area contributed by atoms with Gasteiger partial charge in [0, 0.05) is 6.21 Å².